The summed E-state index contributed by atoms with van der Waals surface area (Å²) in [6, 6.07) is 10.5. The maximum Gasteiger partial charge on any atom is 0.317 e. The van der Waals surface area contributed by atoms with Gasteiger partial charge in [0.1, 0.15) is 0 Å². The van der Waals surface area contributed by atoms with Crippen molar-refractivity contribution in [1.29, 1.82) is 0 Å². The fraction of sp³-hybridized carbons (Fsp3) is 0.562. The zero-order chi connectivity index (χ0) is 15.0. The lowest BCUT2D eigenvalue weighted by molar-refractivity contribution is 0.201. The number of carbonyl (C=O) groups is 1. The molecule has 0 radical (unpaired) electrons. The van der Waals surface area contributed by atoms with Crippen LogP contribution in [-0.4, -0.2) is 49.1 Å². The van der Waals surface area contributed by atoms with E-state index in [2.05, 4.69) is 31.1 Å². The van der Waals surface area contributed by atoms with E-state index in [4.69, 9.17) is 0 Å². The van der Waals surface area contributed by atoms with Crippen molar-refractivity contribution in [3.05, 3.63) is 35.9 Å². The first kappa shape index (κ1) is 16.5. The van der Waals surface area contributed by atoms with Gasteiger partial charge in [-0.1, -0.05) is 37.3 Å². The quantitative estimate of drug-likeness (QED) is 0.831. The molecule has 0 aliphatic rings. The molecule has 0 bridgehead atoms. The molecule has 0 heterocycles. The van der Waals surface area contributed by atoms with Gasteiger partial charge in [0.25, 0.3) is 0 Å². The number of nitrogens with zero attached hydrogens (tertiary/aromatic N) is 2. The van der Waals surface area contributed by atoms with Gasteiger partial charge in [0.15, 0.2) is 0 Å². The molecular formula is C16H27N3O. The number of likely N-dealkylation sites (N-methyl/N-ethyl adjacent to an activating group) is 1. The second-order valence-corrected chi connectivity index (χ2v) is 5.31. The Bertz CT molecular complexity index is 394. The van der Waals surface area contributed by atoms with Crippen LogP contribution in [0.5, 0.6) is 0 Å². The Morgan fingerprint density at radius 3 is 2.50 bits per heavy atom. The van der Waals surface area contributed by atoms with E-state index < -0.39 is 0 Å². The van der Waals surface area contributed by atoms with Gasteiger partial charge in [-0.15, -0.1) is 0 Å². The van der Waals surface area contributed by atoms with Crippen LogP contribution < -0.4 is 5.32 Å². The van der Waals surface area contributed by atoms with Crippen molar-refractivity contribution in [2.24, 2.45) is 0 Å². The topological polar surface area (TPSA) is 35.6 Å². The van der Waals surface area contributed by atoms with Crippen molar-refractivity contribution in [3.63, 3.8) is 0 Å². The van der Waals surface area contributed by atoms with Gasteiger partial charge in [0.2, 0.25) is 0 Å². The van der Waals surface area contributed by atoms with Gasteiger partial charge in [-0.2, -0.15) is 0 Å². The number of benzene rings is 1. The highest BCUT2D eigenvalue weighted by Gasteiger charge is 2.10. The van der Waals surface area contributed by atoms with E-state index in [1.54, 1.807) is 4.90 Å². The number of carbonyl (C=O) groups excluding carboxylic acids is 1. The molecular weight excluding hydrogens is 250 g/mol. The molecule has 4 heteroatoms. The zero-order valence-corrected chi connectivity index (χ0v) is 13.1. The maximum absolute atomic E-state index is 12.0. The molecule has 1 atom stereocenters. The fourth-order valence-corrected chi connectivity index (χ4v) is 1.94. The third-order valence-corrected chi connectivity index (χ3v) is 3.69. The third kappa shape index (κ3) is 5.61. The normalized spacial score (nSPS) is 12.2. The first-order chi connectivity index (χ1) is 9.54. The van der Waals surface area contributed by atoms with Crippen molar-refractivity contribution in [2.75, 3.05) is 27.2 Å². The van der Waals surface area contributed by atoms with Gasteiger partial charge in [-0.3, -0.25) is 0 Å². The highest BCUT2D eigenvalue weighted by atomic mass is 16.2. The molecule has 0 saturated carbocycles. The Balaban J connectivity index is 2.28. The minimum absolute atomic E-state index is 0.0218. The average Bonchev–Trinajstić information content (AvgIpc) is 2.47. The summed E-state index contributed by atoms with van der Waals surface area (Å²) in [6.45, 7) is 6.56. The van der Waals surface area contributed by atoms with E-state index >= 15 is 0 Å². The minimum Gasteiger partial charge on any atom is -0.337 e. The molecule has 0 saturated heterocycles. The lowest BCUT2D eigenvalue weighted by Gasteiger charge is -2.24. The van der Waals surface area contributed by atoms with Gasteiger partial charge in [-0.25, -0.2) is 4.79 Å². The first-order valence-corrected chi connectivity index (χ1v) is 7.27. The van der Waals surface area contributed by atoms with Gasteiger partial charge < -0.3 is 15.1 Å². The van der Waals surface area contributed by atoms with Crippen LogP contribution in [0.15, 0.2) is 30.3 Å². The summed E-state index contributed by atoms with van der Waals surface area (Å²) in [5, 5.41) is 2.96. The van der Waals surface area contributed by atoms with E-state index in [1.807, 2.05) is 37.4 Å². The van der Waals surface area contributed by atoms with Crippen LogP contribution in [0.3, 0.4) is 0 Å². The minimum atomic E-state index is -0.0218. The van der Waals surface area contributed by atoms with Crippen LogP contribution in [0.4, 0.5) is 4.79 Å². The molecule has 112 valence electrons. The summed E-state index contributed by atoms with van der Waals surface area (Å²) < 4.78 is 0. The molecule has 1 aromatic rings. The average molecular weight is 277 g/mol. The second kappa shape index (κ2) is 8.59. The van der Waals surface area contributed by atoms with Crippen molar-refractivity contribution in [3.8, 4) is 0 Å². The Hall–Kier alpha value is -1.55. The number of hydrogen-bond acceptors (Lipinski definition) is 2. The molecule has 2 amide bonds. The number of hydrogen-bond donors (Lipinski definition) is 1. The lowest BCUT2D eigenvalue weighted by atomic mass is 10.2. The third-order valence-electron chi connectivity index (χ3n) is 3.69. The highest BCUT2D eigenvalue weighted by molar-refractivity contribution is 5.73. The van der Waals surface area contributed by atoms with Gasteiger partial charge in [-0.05, 0) is 26.0 Å². The van der Waals surface area contributed by atoms with Crippen LogP contribution in [0.1, 0.15) is 25.8 Å². The van der Waals surface area contributed by atoms with E-state index in [1.165, 1.54) is 0 Å². The predicted molar refractivity (Wildman–Crippen MR) is 83.7 cm³/mol. The summed E-state index contributed by atoms with van der Waals surface area (Å²) in [5.74, 6) is 0. The monoisotopic (exact) mass is 277 g/mol. The highest BCUT2D eigenvalue weighted by Crippen LogP contribution is 2.02. The Morgan fingerprint density at radius 2 is 1.90 bits per heavy atom. The van der Waals surface area contributed by atoms with Crippen LogP contribution in [0.25, 0.3) is 0 Å². The largest absolute Gasteiger partial charge is 0.337 e. The van der Waals surface area contributed by atoms with Crippen LogP contribution in [0.2, 0.25) is 0 Å². The van der Waals surface area contributed by atoms with Crippen molar-refractivity contribution < 1.29 is 4.79 Å². The molecule has 1 N–H and O–H groups in total. The second-order valence-electron chi connectivity index (χ2n) is 5.31. The van der Waals surface area contributed by atoms with Gasteiger partial charge in [0, 0.05) is 32.7 Å². The summed E-state index contributed by atoms with van der Waals surface area (Å²) >= 11 is 0. The molecule has 0 fully saturated rings. The molecule has 0 aromatic heterocycles. The lowest BCUT2D eigenvalue weighted by Crippen LogP contribution is -2.41. The summed E-state index contributed by atoms with van der Waals surface area (Å²) in [4.78, 5) is 15.9. The zero-order valence-electron chi connectivity index (χ0n) is 13.1. The molecule has 0 spiro atoms. The Labute approximate surface area is 122 Å². The van der Waals surface area contributed by atoms with Crippen molar-refractivity contribution >= 4 is 6.03 Å². The number of amides is 2. The predicted octanol–water partition coefficient (Wildman–Crippen LogP) is 2.56. The van der Waals surface area contributed by atoms with Crippen LogP contribution in [-0.2, 0) is 6.54 Å². The number of rotatable bonds is 7. The van der Waals surface area contributed by atoms with E-state index in [0.29, 0.717) is 19.1 Å². The fourth-order valence-electron chi connectivity index (χ4n) is 1.94. The Kier molecular flexibility index (Phi) is 7.09. The van der Waals surface area contributed by atoms with Crippen LogP contribution in [0, 0.1) is 0 Å². The van der Waals surface area contributed by atoms with Crippen molar-refractivity contribution in [1.82, 2.24) is 15.1 Å². The molecule has 4 nitrogen and oxygen atoms in total. The summed E-state index contributed by atoms with van der Waals surface area (Å²) in [7, 11) is 3.91. The van der Waals surface area contributed by atoms with Crippen molar-refractivity contribution in [2.45, 2.75) is 32.9 Å². The number of urea groups is 1. The maximum atomic E-state index is 12.0. The molecule has 20 heavy (non-hydrogen) atoms. The van der Waals surface area contributed by atoms with Gasteiger partial charge in [0.05, 0.1) is 0 Å². The smallest absolute Gasteiger partial charge is 0.317 e. The summed E-state index contributed by atoms with van der Waals surface area (Å²) in [5.41, 5.74) is 1.14. The van der Waals surface area contributed by atoms with E-state index in [0.717, 1.165) is 18.5 Å². The van der Waals surface area contributed by atoms with E-state index in [-0.39, 0.29) is 6.03 Å². The number of nitrogens with one attached hydrogen (secondary N) is 1. The standard InChI is InChI=1S/C16H27N3O/c1-5-14(2)18(3)12-11-17-16(20)19(4)13-15-9-7-6-8-10-15/h6-10,14H,5,11-13H2,1-4H3,(H,17,20). The SMILES string of the molecule is CCC(C)N(C)CCNC(=O)N(C)Cc1ccccc1. The molecule has 1 unspecified atom stereocenters. The van der Waals surface area contributed by atoms with E-state index in [9.17, 15) is 4.79 Å². The molecule has 0 aliphatic carbocycles. The molecule has 0 aliphatic heterocycles. The first-order valence-electron chi connectivity index (χ1n) is 7.27. The van der Waals surface area contributed by atoms with Crippen LogP contribution >= 0.6 is 0 Å². The van der Waals surface area contributed by atoms with Gasteiger partial charge >= 0.3 is 6.03 Å². The summed E-state index contributed by atoms with van der Waals surface area (Å²) in [6.07, 6.45) is 1.12. The molecule has 1 aromatic carbocycles. The molecule has 1 rings (SSSR count). The Morgan fingerprint density at radius 1 is 1.25 bits per heavy atom.